The minimum absolute atomic E-state index is 0.335. The highest BCUT2D eigenvalue weighted by molar-refractivity contribution is 5.31. The largest absolute Gasteiger partial charge is 0.573 e. The molecule has 1 aromatic heterocycles. The van der Waals surface area contributed by atoms with Gasteiger partial charge in [0.25, 0.3) is 0 Å². The highest BCUT2D eigenvalue weighted by Crippen LogP contribution is 2.26. The zero-order valence-corrected chi connectivity index (χ0v) is 11.2. The van der Waals surface area contributed by atoms with Crippen LogP contribution in [0.1, 0.15) is 30.7 Å². The van der Waals surface area contributed by atoms with E-state index in [0.29, 0.717) is 17.8 Å². The lowest BCUT2D eigenvalue weighted by atomic mass is 10.1. The molecule has 1 N–H and O–H groups in total. The van der Waals surface area contributed by atoms with Crippen LogP contribution in [0.3, 0.4) is 0 Å². The normalized spacial score (nSPS) is 13.2. The second kappa shape index (κ2) is 6.13. The van der Waals surface area contributed by atoms with Crippen molar-refractivity contribution in [1.82, 2.24) is 15.0 Å². The number of benzene rings is 1. The fraction of sp³-hybridized carbons (Fsp3) is 0.385. The van der Waals surface area contributed by atoms with Crippen LogP contribution in [-0.2, 0) is 6.54 Å². The van der Waals surface area contributed by atoms with Crippen LogP contribution in [0.5, 0.6) is 5.75 Å². The summed E-state index contributed by atoms with van der Waals surface area (Å²) in [5.41, 5.74) is 0.922. The topological polar surface area (TPSA) is 60.2 Å². The van der Waals surface area contributed by atoms with Gasteiger partial charge >= 0.3 is 6.36 Å². The van der Waals surface area contributed by atoms with Gasteiger partial charge in [-0.1, -0.05) is 24.3 Å². The van der Waals surface area contributed by atoms with Gasteiger partial charge in [-0.05, 0) is 24.1 Å². The molecule has 0 saturated carbocycles. The molecule has 0 amide bonds. The Bertz CT molecular complexity index is 581. The van der Waals surface area contributed by atoms with Crippen LogP contribution in [0.2, 0.25) is 0 Å². The molecule has 2 rings (SSSR count). The van der Waals surface area contributed by atoms with E-state index in [-0.39, 0.29) is 5.75 Å². The van der Waals surface area contributed by atoms with E-state index in [1.54, 1.807) is 4.68 Å². The lowest BCUT2D eigenvalue weighted by Gasteiger charge is -2.13. The number of alkyl halides is 3. The van der Waals surface area contributed by atoms with Gasteiger partial charge in [0.05, 0.1) is 11.9 Å². The Morgan fingerprint density at radius 2 is 1.95 bits per heavy atom. The molecule has 0 fully saturated rings. The van der Waals surface area contributed by atoms with Gasteiger partial charge in [-0.15, -0.1) is 18.3 Å². The van der Waals surface area contributed by atoms with Crippen molar-refractivity contribution in [1.29, 1.82) is 0 Å². The third kappa shape index (κ3) is 3.94. The van der Waals surface area contributed by atoms with Gasteiger partial charge in [0.15, 0.2) is 0 Å². The van der Waals surface area contributed by atoms with E-state index in [9.17, 15) is 18.3 Å². The van der Waals surface area contributed by atoms with E-state index in [1.165, 1.54) is 18.3 Å². The molecule has 0 bridgehead atoms. The number of ether oxygens (including phenoxy) is 1. The quantitative estimate of drug-likeness (QED) is 0.922. The average Bonchev–Trinajstić information content (AvgIpc) is 2.86. The molecule has 5 nitrogen and oxygen atoms in total. The highest BCUT2D eigenvalue weighted by atomic mass is 19.4. The van der Waals surface area contributed by atoms with Crippen molar-refractivity contribution in [2.45, 2.75) is 32.4 Å². The third-order valence-electron chi connectivity index (χ3n) is 2.79. The molecular weight excluding hydrogens is 287 g/mol. The SMILES string of the molecule is CCCn1nncc1C(O)c1ccc(OC(F)(F)F)cc1. The maximum atomic E-state index is 12.1. The summed E-state index contributed by atoms with van der Waals surface area (Å²) in [6.07, 6.45) is -3.49. The maximum absolute atomic E-state index is 12.1. The molecule has 8 heteroatoms. The highest BCUT2D eigenvalue weighted by Gasteiger charge is 2.31. The number of rotatable bonds is 5. The first-order valence-electron chi connectivity index (χ1n) is 6.33. The Kier molecular flexibility index (Phi) is 4.46. The van der Waals surface area contributed by atoms with Crippen molar-refractivity contribution < 1.29 is 23.0 Å². The van der Waals surface area contributed by atoms with Gasteiger partial charge in [-0.3, -0.25) is 0 Å². The molecule has 2 aromatic rings. The Morgan fingerprint density at radius 3 is 2.52 bits per heavy atom. The van der Waals surface area contributed by atoms with Crippen LogP contribution in [0.4, 0.5) is 13.2 Å². The summed E-state index contributed by atoms with van der Waals surface area (Å²) < 4.78 is 41.5. The summed E-state index contributed by atoms with van der Waals surface area (Å²) in [6, 6.07) is 5.05. The van der Waals surface area contributed by atoms with Crippen LogP contribution >= 0.6 is 0 Å². The Balaban J connectivity index is 2.16. The molecule has 1 unspecified atom stereocenters. The summed E-state index contributed by atoms with van der Waals surface area (Å²) in [5, 5.41) is 17.8. The van der Waals surface area contributed by atoms with Gasteiger partial charge in [0.2, 0.25) is 0 Å². The average molecular weight is 301 g/mol. The summed E-state index contributed by atoms with van der Waals surface area (Å²) in [5.74, 6) is -0.335. The lowest BCUT2D eigenvalue weighted by molar-refractivity contribution is -0.274. The third-order valence-corrected chi connectivity index (χ3v) is 2.79. The van der Waals surface area contributed by atoms with Crippen LogP contribution in [0, 0.1) is 0 Å². The van der Waals surface area contributed by atoms with E-state index >= 15 is 0 Å². The smallest absolute Gasteiger partial charge is 0.406 e. The molecule has 0 aliphatic carbocycles. The monoisotopic (exact) mass is 301 g/mol. The summed E-state index contributed by atoms with van der Waals surface area (Å²) >= 11 is 0. The van der Waals surface area contributed by atoms with Crippen LogP contribution in [0.25, 0.3) is 0 Å². The van der Waals surface area contributed by atoms with E-state index in [1.807, 2.05) is 6.92 Å². The molecule has 0 aliphatic rings. The van der Waals surface area contributed by atoms with Gasteiger partial charge in [0, 0.05) is 6.54 Å². The van der Waals surface area contributed by atoms with Gasteiger partial charge in [-0.2, -0.15) is 0 Å². The number of hydrogen-bond acceptors (Lipinski definition) is 4. The van der Waals surface area contributed by atoms with Crippen molar-refractivity contribution >= 4 is 0 Å². The minimum atomic E-state index is -4.73. The number of aliphatic hydroxyl groups is 1. The summed E-state index contributed by atoms with van der Waals surface area (Å²) in [7, 11) is 0. The summed E-state index contributed by atoms with van der Waals surface area (Å²) in [4.78, 5) is 0. The molecule has 1 atom stereocenters. The van der Waals surface area contributed by atoms with Gasteiger partial charge < -0.3 is 9.84 Å². The minimum Gasteiger partial charge on any atom is -0.406 e. The second-order valence-electron chi connectivity index (χ2n) is 4.40. The zero-order valence-electron chi connectivity index (χ0n) is 11.2. The molecule has 114 valence electrons. The Labute approximate surface area is 119 Å². The molecule has 1 heterocycles. The molecule has 0 aliphatic heterocycles. The number of nitrogens with zero attached hydrogens (tertiary/aromatic N) is 3. The predicted octanol–water partition coefficient (Wildman–Crippen LogP) is 2.67. The second-order valence-corrected chi connectivity index (χ2v) is 4.40. The van der Waals surface area contributed by atoms with E-state index in [2.05, 4.69) is 15.0 Å². The van der Waals surface area contributed by atoms with E-state index in [4.69, 9.17) is 0 Å². The van der Waals surface area contributed by atoms with Crippen molar-refractivity contribution in [2.24, 2.45) is 0 Å². The molecule has 0 radical (unpaired) electrons. The number of halogens is 3. The molecule has 0 spiro atoms. The fourth-order valence-electron chi connectivity index (χ4n) is 1.89. The van der Waals surface area contributed by atoms with E-state index < -0.39 is 12.5 Å². The molecule has 21 heavy (non-hydrogen) atoms. The molecule has 0 saturated heterocycles. The van der Waals surface area contributed by atoms with Crippen molar-refractivity contribution in [2.75, 3.05) is 0 Å². The molecule has 1 aromatic carbocycles. The number of aryl methyl sites for hydroxylation is 1. The van der Waals surface area contributed by atoms with Gasteiger partial charge in [0.1, 0.15) is 11.9 Å². The van der Waals surface area contributed by atoms with Gasteiger partial charge in [-0.25, -0.2) is 4.68 Å². The Morgan fingerprint density at radius 1 is 1.29 bits per heavy atom. The van der Waals surface area contributed by atoms with Crippen LogP contribution in [0.15, 0.2) is 30.5 Å². The van der Waals surface area contributed by atoms with E-state index in [0.717, 1.165) is 18.6 Å². The molecular formula is C13H14F3N3O2. The fourth-order valence-corrected chi connectivity index (χ4v) is 1.89. The first kappa shape index (κ1) is 15.3. The lowest BCUT2D eigenvalue weighted by Crippen LogP contribution is -2.17. The van der Waals surface area contributed by atoms with Crippen LogP contribution in [-0.4, -0.2) is 26.5 Å². The standard InChI is InChI=1S/C13H14F3N3O2/c1-2-7-19-11(8-17-18-19)12(20)9-3-5-10(6-4-9)21-13(14,15)16/h3-6,8,12,20H,2,7H2,1H3. The first-order valence-corrected chi connectivity index (χ1v) is 6.33. The van der Waals surface area contributed by atoms with Crippen LogP contribution < -0.4 is 4.74 Å². The number of aliphatic hydroxyl groups excluding tert-OH is 1. The number of aromatic nitrogens is 3. The maximum Gasteiger partial charge on any atom is 0.573 e. The first-order chi connectivity index (χ1) is 9.90. The predicted molar refractivity (Wildman–Crippen MR) is 67.5 cm³/mol. The van der Waals surface area contributed by atoms with Crippen molar-refractivity contribution in [3.8, 4) is 5.75 Å². The Hall–Kier alpha value is -2.09. The van der Waals surface area contributed by atoms with Crippen molar-refractivity contribution in [3.63, 3.8) is 0 Å². The summed E-state index contributed by atoms with van der Waals surface area (Å²) in [6.45, 7) is 2.56. The van der Waals surface area contributed by atoms with Crippen molar-refractivity contribution in [3.05, 3.63) is 41.7 Å². The zero-order chi connectivity index (χ0) is 15.5. The number of hydrogen-bond donors (Lipinski definition) is 1.